The van der Waals surface area contributed by atoms with Crippen molar-refractivity contribution in [1.29, 1.82) is 0 Å². The summed E-state index contributed by atoms with van der Waals surface area (Å²) in [5, 5.41) is 9.92. The van der Waals surface area contributed by atoms with Crippen molar-refractivity contribution < 1.29 is 0 Å². The Kier molecular flexibility index (Phi) is 9.60. The highest BCUT2D eigenvalue weighted by atomic mass is 14.9. The summed E-state index contributed by atoms with van der Waals surface area (Å²) in [7, 11) is 6.07. The number of hydrogen-bond acceptors (Lipinski definition) is 3. The van der Waals surface area contributed by atoms with E-state index in [4.69, 9.17) is 0 Å². The first-order chi connectivity index (χ1) is 10.7. The highest BCUT2D eigenvalue weighted by Gasteiger charge is 2.08. The summed E-state index contributed by atoms with van der Waals surface area (Å²) in [6.45, 7) is 3.25. The normalized spacial score (nSPS) is 13.2. The molecule has 0 aromatic heterocycles. The standard InChI is InChI=1S/C19H33N3/c1-5-7-18(21-3)14-11-16-9-12-17(13-10-16)19(22-4)8-6-15-20-2/h7,9-10,12-13,19-22H,5-6,8,11,14-15H2,1-4H3/b18-7-. The summed E-state index contributed by atoms with van der Waals surface area (Å²) in [6, 6.07) is 9.56. The molecule has 22 heavy (non-hydrogen) atoms. The van der Waals surface area contributed by atoms with Crippen molar-refractivity contribution >= 4 is 0 Å². The van der Waals surface area contributed by atoms with Crippen molar-refractivity contribution in [3.63, 3.8) is 0 Å². The summed E-state index contributed by atoms with van der Waals surface area (Å²) in [6.07, 6.45) is 7.90. The van der Waals surface area contributed by atoms with Crippen molar-refractivity contribution in [2.75, 3.05) is 27.7 Å². The average Bonchev–Trinajstić information content (AvgIpc) is 2.56. The quantitative estimate of drug-likeness (QED) is 0.548. The smallest absolute Gasteiger partial charge is 0.0317 e. The van der Waals surface area contributed by atoms with Gasteiger partial charge in [-0.1, -0.05) is 37.3 Å². The predicted molar refractivity (Wildman–Crippen MR) is 97.2 cm³/mol. The Bertz CT molecular complexity index is 423. The maximum absolute atomic E-state index is 3.43. The van der Waals surface area contributed by atoms with Crippen molar-refractivity contribution in [3.8, 4) is 0 Å². The molecule has 0 fully saturated rings. The molecule has 0 spiro atoms. The molecule has 1 aromatic rings. The minimum atomic E-state index is 0.454. The van der Waals surface area contributed by atoms with Crippen LogP contribution in [-0.4, -0.2) is 27.7 Å². The fourth-order valence-electron chi connectivity index (χ4n) is 2.73. The summed E-state index contributed by atoms with van der Waals surface area (Å²) < 4.78 is 0. The summed E-state index contributed by atoms with van der Waals surface area (Å²) in [5.74, 6) is 0. The van der Waals surface area contributed by atoms with Crippen molar-refractivity contribution in [3.05, 3.63) is 47.2 Å². The third-order valence-corrected chi connectivity index (χ3v) is 4.10. The molecule has 0 aliphatic heterocycles. The lowest BCUT2D eigenvalue weighted by Gasteiger charge is -2.17. The molecule has 1 atom stereocenters. The van der Waals surface area contributed by atoms with Crippen LogP contribution in [0.15, 0.2) is 36.0 Å². The van der Waals surface area contributed by atoms with E-state index in [0.29, 0.717) is 6.04 Å². The number of rotatable bonds is 11. The van der Waals surface area contributed by atoms with Gasteiger partial charge in [-0.3, -0.25) is 0 Å². The summed E-state index contributed by atoms with van der Waals surface area (Å²) in [5.41, 5.74) is 4.14. The Hall–Kier alpha value is -1.32. The van der Waals surface area contributed by atoms with Gasteiger partial charge in [0.2, 0.25) is 0 Å². The molecule has 0 radical (unpaired) electrons. The van der Waals surface area contributed by atoms with Gasteiger partial charge in [-0.05, 0) is 63.9 Å². The second kappa shape index (κ2) is 11.3. The Labute approximate surface area is 136 Å². The number of nitrogens with one attached hydrogen (secondary N) is 3. The van der Waals surface area contributed by atoms with Gasteiger partial charge >= 0.3 is 0 Å². The van der Waals surface area contributed by atoms with Crippen LogP contribution in [-0.2, 0) is 6.42 Å². The Balaban J connectivity index is 2.55. The van der Waals surface area contributed by atoms with E-state index in [0.717, 1.165) is 25.8 Å². The third kappa shape index (κ3) is 6.63. The highest BCUT2D eigenvalue weighted by molar-refractivity contribution is 5.25. The Morgan fingerprint density at radius 1 is 1.14 bits per heavy atom. The topological polar surface area (TPSA) is 36.1 Å². The summed E-state index contributed by atoms with van der Waals surface area (Å²) in [4.78, 5) is 0. The molecule has 0 aliphatic rings. The lowest BCUT2D eigenvalue weighted by molar-refractivity contribution is 0.518. The van der Waals surface area contributed by atoms with Crippen LogP contribution in [0.2, 0.25) is 0 Å². The lowest BCUT2D eigenvalue weighted by atomic mass is 9.99. The molecular formula is C19H33N3. The van der Waals surface area contributed by atoms with Crippen LogP contribution < -0.4 is 16.0 Å². The number of hydrogen-bond donors (Lipinski definition) is 3. The van der Waals surface area contributed by atoms with Gasteiger partial charge in [0, 0.05) is 18.8 Å². The van der Waals surface area contributed by atoms with Crippen LogP contribution in [0.5, 0.6) is 0 Å². The first kappa shape index (κ1) is 18.7. The minimum Gasteiger partial charge on any atom is -0.392 e. The van der Waals surface area contributed by atoms with E-state index in [9.17, 15) is 0 Å². The predicted octanol–water partition coefficient (Wildman–Crippen LogP) is 3.39. The van der Waals surface area contributed by atoms with Gasteiger partial charge in [0.25, 0.3) is 0 Å². The molecule has 1 unspecified atom stereocenters. The van der Waals surface area contributed by atoms with Crippen LogP contribution in [0.3, 0.4) is 0 Å². The van der Waals surface area contributed by atoms with Crippen LogP contribution >= 0.6 is 0 Å². The maximum Gasteiger partial charge on any atom is 0.0317 e. The van der Waals surface area contributed by atoms with Crippen molar-refractivity contribution in [1.82, 2.24) is 16.0 Å². The number of benzene rings is 1. The van der Waals surface area contributed by atoms with Crippen molar-refractivity contribution in [2.24, 2.45) is 0 Å². The fraction of sp³-hybridized carbons (Fsp3) is 0.579. The second-order valence-electron chi connectivity index (χ2n) is 5.72. The zero-order chi connectivity index (χ0) is 16.2. The van der Waals surface area contributed by atoms with Crippen LogP contribution in [0, 0.1) is 0 Å². The van der Waals surface area contributed by atoms with Gasteiger partial charge < -0.3 is 16.0 Å². The zero-order valence-electron chi connectivity index (χ0n) is 14.7. The Morgan fingerprint density at radius 2 is 1.86 bits per heavy atom. The fourth-order valence-corrected chi connectivity index (χ4v) is 2.73. The molecule has 0 saturated carbocycles. The molecular weight excluding hydrogens is 270 g/mol. The zero-order valence-corrected chi connectivity index (χ0v) is 14.7. The van der Waals surface area contributed by atoms with Crippen LogP contribution in [0.1, 0.15) is 49.8 Å². The van der Waals surface area contributed by atoms with E-state index in [1.807, 2.05) is 21.1 Å². The highest BCUT2D eigenvalue weighted by Crippen LogP contribution is 2.19. The third-order valence-electron chi connectivity index (χ3n) is 4.10. The maximum atomic E-state index is 3.43. The molecule has 0 amide bonds. The van der Waals surface area contributed by atoms with E-state index in [2.05, 4.69) is 53.2 Å². The molecule has 3 heteroatoms. The molecule has 1 aromatic carbocycles. The van der Waals surface area contributed by atoms with Crippen LogP contribution in [0.25, 0.3) is 0 Å². The van der Waals surface area contributed by atoms with Crippen molar-refractivity contribution in [2.45, 2.75) is 45.1 Å². The molecule has 3 nitrogen and oxygen atoms in total. The number of aryl methyl sites for hydroxylation is 1. The second-order valence-corrected chi connectivity index (χ2v) is 5.72. The van der Waals surface area contributed by atoms with E-state index in [-0.39, 0.29) is 0 Å². The van der Waals surface area contributed by atoms with E-state index < -0.39 is 0 Å². The monoisotopic (exact) mass is 303 g/mol. The first-order valence-corrected chi connectivity index (χ1v) is 8.52. The first-order valence-electron chi connectivity index (χ1n) is 8.52. The molecule has 3 N–H and O–H groups in total. The van der Waals surface area contributed by atoms with Gasteiger partial charge in [-0.15, -0.1) is 0 Å². The van der Waals surface area contributed by atoms with Gasteiger partial charge in [-0.2, -0.15) is 0 Å². The SMILES string of the molecule is CC/C=C(/CCc1ccc(C(CCCNC)NC)cc1)NC. The molecule has 1 rings (SSSR count). The van der Waals surface area contributed by atoms with E-state index >= 15 is 0 Å². The molecule has 0 heterocycles. The lowest BCUT2D eigenvalue weighted by Crippen LogP contribution is -2.18. The van der Waals surface area contributed by atoms with Gasteiger partial charge in [-0.25, -0.2) is 0 Å². The van der Waals surface area contributed by atoms with Gasteiger partial charge in [0.05, 0.1) is 0 Å². The summed E-state index contributed by atoms with van der Waals surface area (Å²) >= 11 is 0. The molecule has 0 aliphatic carbocycles. The Morgan fingerprint density at radius 3 is 2.41 bits per heavy atom. The molecule has 0 bridgehead atoms. The largest absolute Gasteiger partial charge is 0.392 e. The molecule has 124 valence electrons. The number of allylic oxidation sites excluding steroid dienone is 2. The van der Waals surface area contributed by atoms with E-state index in [1.165, 1.54) is 29.7 Å². The minimum absolute atomic E-state index is 0.454. The van der Waals surface area contributed by atoms with Crippen LogP contribution in [0.4, 0.5) is 0 Å². The average molecular weight is 303 g/mol. The van der Waals surface area contributed by atoms with E-state index in [1.54, 1.807) is 0 Å². The van der Waals surface area contributed by atoms with Gasteiger partial charge in [0.1, 0.15) is 0 Å². The molecule has 0 saturated heterocycles. The van der Waals surface area contributed by atoms with Gasteiger partial charge in [0.15, 0.2) is 0 Å².